The van der Waals surface area contributed by atoms with Gasteiger partial charge in [0.1, 0.15) is 24.4 Å². The molecule has 0 radical (unpaired) electrons. The summed E-state index contributed by atoms with van der Waals surface area (Å²) in [5.41, 5.74) is 0. The highest BCUT2D eigenvalue weighted by atomic mass is 32.3. The number of unbranched alkanes of at least 4 members (excludes halogenated alkanes) is 35. The smallest absolute Gasteiger partial charge is 0.394 e. The predicted molar refractivity (Wildman–Crippen MR) is 264 cm³/mol. The molecular weight excluding hydrogens is 847 g/mol. The van der Waals surface area contributed by atoms with Crippen LogP contribution in [0.1, 0.15) is 258 Å². The van der Waals surface area contributed by atoms with Gasteiger partial charge < -0.3 is 35.2 Å². The number of carbonyl (C=O) groups excluding carboxylic acids is 1. The summed E-state index contributed by atoms with van der Waals surface area (Å²) in [6.07, 6.45) is 41.1. The summed E-state index contributed by atoms with van der Waals surface area (Å²) in [7, 11) is -5.08. The van der Waals surface area contributed by atoms with Gasteiger partial charge in [-0.3, -0.25) is 9.35 Å². The van der Waals surface area contributed by atoms with Crippen molar-refractivity contribution < 1.29 is 51.8 Å². The largest absolute Gasteiger partial charge is 0.397 e. The van der Waals surface area contributed by atoms with E-state index in [1.165, 1.54) is 193 Å². The zero-order valence-corrected chi connectivity index (χ0v) is 42.4. The van der Waals surface area contributed by atoms with E-state index in [0.717, 1.165) is 38.5 Å². The van der Waals surface area contributed by atoms with E-state index in [-0.39, 0.29) is 18.9 Å². The van der Waals surface area contributed by atoms with Crippen LogP contribution in [0.2, 0.25) is 0 Å². The number of nitrogens with one attached hydrogen (secondary N) is 1. The van der Waals surface area contributed by atoms with Gasteiger partial charge in [-0.2, -0.15) is 8.42 Å². The average Bonchev–Trinajstić information content (AvgIpc) is 3.28. The second kappa shape index (κ2) is 42.9. The van der Waals surface area contributed by atoms with Crippen molar-refractivity contribution in [1.82, 2.24) is 5.32 Å². The van der Waals surface area contributed by atoms with Crippen LogP contribution in [0.5, 0.6) is 0 Å². The van der Waals surface area contributed by atoms with Gasteiger partial charge in [0.15, 0.2) is 6.29 Å². The van der Waals surface area contributed by atoms with Crippen LogP contribution < -0.4 is 5.32 Å². The molecule has 1 aliphatic heterocycles. The molecule has 0 aromatic rings. The summed E-state index contributed by atoms with van der Waals surface area (Å²) in [4.78, 5) is 13.1. The fraction of sp³-hybridized carbons (Fsp3) is 0.942. The van der Waals surface area contributed by atoms with E-state index in [9.17, 15) is 38.2 Å². The molecule has 65 heavy (non-hydrogen) atoms. The Morgan fingerprint density at radius 2 is 0.969 bits per heavy atom. The second-order valence-corrected chi connectivity index (χ2v) is 20.2. The Labute approximate surface area is 398 Å². The van der Waals surface area contributed by atoms with Crippen LogP contribution in [0.15, 0.2) is 12.2 Å². The Morgan fingerprint density at radius 3 is 1.34 bits per heavy atom. The number of carbonyl (C=O) groups is 1. The summed E-state index contributed by atoms with van der Waals surface area (Å²) in [5, 5.41) is 44.9. The van der Waals surface area contributed by atoms with Crippen LogP contribution in [0.4, 0.5) is 0 Å². The molecule has 386 valence electrons. The maximum Gasteiger partial charge on any atom is 0.397 e. The minimum absolute atomic E-state index is 0.258. The van der Waals surface area contributed by atoms with Crippen molar-refractivity contribution >= 4 is 16.3 Å². The van der Waals surface area contributed by atoms with Crippen molar-refractivity contribution in [2.45, 2.75) is 301 Å². The van der Waals surface area contributed by atoms with Gasteiger partial charge in [0, 0.05) is 6.42 Å². The average molecular weight is 948 g/mol. The molecule has 7 unspecified atom stereocenters. The third-order valence-corrected chi connectivity index (χ3v) is 13.5. The first-order valence-electron chi connectivity index (χ1n) is 27.1. The lowest BCUT2D eigenvalue weighted by Crippen LogP contribution is -2.61. The van der Waals surface area contributed by atoms with Crippen molar-refractivity contribution in [3.63, 3.8) is 0 Å². The van der Waals surface area contributed by atoms with Gasteiger partial charge >= 0.3 is 10.4 Å². The SMILES string of the molecule is CCCCCCCCCCCCCCCCCCCCCCC/C=C/C(O)C(COC1OC(CO)C(O)C(OS(=O)(=O)O)C1O)NC(=O)CCCCCCCCCCCCCCCCC. The molecule has 0 bridgehead atoms. The van der Waals surface area contributed by atoms with Gasteiger partial charge in [0.05, 0.1) is 25.4 Å². The fourth-order valence-electron chi connectivity index (χ4n) is 8.87. The molecule has 0 aliphatic carbocycles. The maximum absolute atomic E-state index is 13.1. The molecule has 1 amide bonds. The van der Waals surface area contributed by atoms with Crippen molar-refractivity contribution in [2.75, 3.05) is 13.2 Å². The number of allylic oxidation sites excluding steroid dienone is 1. The molecule has 0 aromatic heterocycles. The Morgan fingerprint density at radius 1 is 0.600 bits per heavy atom. The van der Waals surface area contributed by atoms with Crippen molar-refractivity contribution in [3.8, 4) is 0 Å². The number of rotatable bonds is 47. The second-order valence-electron chi connectivity index (χ2n) is 19.2. The number of aliphatic hydroxyl groups is 4. The molecule has 1 heterocycles. The summed E-state index contributed by atoms with van der Waals surface area (Å²) in [5.74, 6) is -0.258. The number of aliphatic hydroxyl groups excluding tert-OH is 4. The minimum Gasteiger partial charge on any atom is -0.394 e. The molecule has 1 saturated heterocycles. The summed E-state index contributed by atoms with van der Waals surface area (Å²) in [6, 6.07) is -0.939. The van der Waals surface area contributed by atoms with E-state index < -0.39 is 59.9 Å². The number of amides is 1. The summed E-state index contributed by atoms with van der Waals surface area (Å²) >= 11 is 0. The van der Waals surface area contributed by atoms with Crippen LogP contribution in [0.3, 0.4) is 0 Å². The Balaban J connectivity index is 2.40. The number of ether oxygens (including phenoxy) is 2. The van der Waals surface area contributed by atoms with Gasteiger partial charge in [0.25, 0.3) is 0 Å². The van der Waals surface area contributed by atoms with E-state index >= 15 is 0 Å². The lowest BCUT2D eigenvalue weighted by atomic mass is 9.99. The maximum atomic E-state index is 13.1. The molecule has 1 fully saturated rings. The molecule has 0 aromatic carbocycles. The first-order chi connectivity index (χ1) is 31.5. The minimum atomic E-state index is -5.08. The Hall–Kier alpha value is -1.16. The first kappa shape index (κ1) is 61.9. The normalized spacial score (nSPS) is 20.1. The highest BCUT2D eigenvalue weighted by Crippen LogP contribution is 2.26. The quantitative estimate of drug-likeness (QED) is 0.0193. The highest BCUT2D eigenvalue weighted by Gasteiger charge is 2.48. The Bertz CT molecular complexity index is 1210. The monoisotopic (exact) mass is 948 g/mol. The molecule has 1 aliphatic rings. The molecule has 0 spiro atoms. The van der Waals surface area contributed by atoms with Crippen molar-refractivity contribution in [3.05, 3.63) is 12.2 Å². The molecule has 1 rings (SSSR count). The third kappa shape index (κ3) is 35.6. The first-order valence-corrected chi connectivity index (χ1v) is 28.4. The van der Waals surface area contributed by atoms with Gasteiger partial charge in [0.2, 0.25) is 5.91 Å². The lowest BCUT2D eigenvalue weighted by molar-refractivity contribution is -0.298. The molecule has 13 heteroatoms. The van der Waals surface area contributed by atoms with E-state index in [1.807, 2.05) is 6.08 Å². The van der Waals surface area contributed by atoms with Gasteiger partial charge in [-0.05, 0) is 19.3 Å². The summed E-state index contributed by atoms with van der Waals surface area (Å²) < 4.78 is 47.7. The molecule has 12 nitrogen and oxygen atoms in total. The lowest BCUT2D eigenvalue weighted by Gasteiger charge is -2.41. The third-order valence-electron chi connectivity index (χ3n) is 13.1. The van der Waals surface area contributed by atoms with Crippen LogP contribution in [0.25, 0.3) is 0 Å². The fourth-order valence-corrected chi connectivity index (χ4v) is 9.38. The van der Waals surface area contributed by atoms with Gasteiger partial charge in [-0.1, -0.05) is 244 Å². The van der Waals surface area contributed by atoms with Crippen LogP contribution in [-0.2, 0) is 28.9 Å². The zero-order chi connectivity index (χ0) is 47.6. The standard InChI is InChI=1S/C52H101NO11S/c1-3-5-7-9-11-13-15-17-19-20-21-22-23-24-25-26-28-29-31-33-35-37-39-41-46(55)45(44-62-52-50(58)51(64-65(59,60)61)49(57)47(43-54)63-52)53-48(56)42-40-38-36-34-32-30-27-18-16-14-12-10-8-6-4-2/h39,41,45-47,49-52,54-55,57-58H,3-38,40,42-44H2,1-2H3,(H,53,56)(H,59,60,61)/b41-39+. The zero-order valence-electron chi connectivity index (χ0n) is 41.6. The van der Waals surface area contributed by atoms with Crippen LogP contribution in [-0.4, -0.2) is 95.4 Å². The van der Waals surface area contributed by atoms with E-state index in [0.29, 0.717) is 6.42 Å². The molecule has 6 N–H and O–H groups in total. The van der Waals surface area contributed by atoms with E-state index in [1.54, 1.807) is 6.08 Å². The molecule has 7 atom stereocenters. The Kier molecular flexibility index (Phi) is 40.8. The van der Waals surface area contributed by atoms with Crippen LogP contribution in [0, 0.1) is 0 Å². The topological polar surface area (TPSA) is 192 Å². The van der Waals surface area contributed by atoms with Crippen molar-refractivity contribution in [1.29, 1.82) is 0 Å². The van der Waals surface area contributed by atoms with Crippen molar-refractivity contribution in [2.24, 2.45) is 0 Å². The van der Waals surface area contributed by atoms with E-state index in [4.69, 9.17) is 9.47 Å². The van der Waals surface area contributed by atoms with E-state index in [2.05, 4.69) is 23.3 Å². The van der Waals surface area contributed by atoms with Gasteiger partial charge in [-0.25, -0.2) is 4.18 Å². The summed E-state index contributed by atoms with van der Waals surface area (Å²) in [6.45, 7) is 3.42. The van der Waals surface area contributed by atoms with Gasteiger partial charge in [-0.15, -0.1) is 0 Å². The molecule has 0 saturated carbocycles. The number of hydrogen-bond acceptors (Lipinski definition) is 10. The van der Waals surface area contributed by atoms with Crippen LogP contribution >= 0.6 is 0 Å². The molecular formula is C52H101NO11S. The highest BCUT2D eigenvalue weighted by molar-refractivity contribution is 7.80. The predicted octanol–water partition coefficient (Wildman–Crippen LogP) is 11.9. The number of hydrogen-bond donors (Lipinski definition) is 6.